The first-order chi connectivity index (χ1) is 8.22. The molecule has 5 heteroatoms. The highest BCUT2D eigenvalue weighted by atomic mass is 35.5. The second-order valence-corrected chi connectivity index (χ2v) is 5.01. The first-order valence-corrected chi connectivity index (χ1v) is 6.47. The van der Waals surface area contributed by atoms with E-state index in [9.17, 15) is 5.11 Å². The Kier molecular flexibility index (Phi) is 4.42. The van der Waals surface area contributed by atoms with Gasteiger partial charge in [0.2, 0.25) is 0 Å². The van der Waals surface area contributed by atoms with Crippen LogP contribution < -0.4 is 0 Å². The minimum absolute atomic E-state index is 0.183. The third kappa shape index (κ3) is 3.44. The molecule has 96 valence electrons. The summed E-state index contributed by atoms with van der Waals surface area (Å²) in [5.74, 6) is 0.518. The van der Waals surface area contributed by atoms with Gasteiger partial charge >= 0.3 is 0 Å². The zero-order valence-electron chi connectivity index (χ0n) is 10.1. The van der Waals surface area contributed by atoms with Gasteiger partial charge in [-0.2, -0.15) is 5.10 Å². The molecule has 0 aliphatic heterocycles. The van der Waals surface area contributed by atoms with Crippen molar-refractivity contribution in [2.24, 2.45) is 5.92 Å². The predicted octanol–water partition coefficient (Wildman–Crippen LogP) is 1.89. The summed E-state index contributed by atoms with van der Waals surface area (Å²) in [4.78, 5) is 0. The maximum atomic E-state index is 9.85. The molecular formula is C12H19ClN2O2. The van der Waals surface area contributed by atoms with Crippen LogP contribution in [0.1, 0.15) is 25.0 Å². The molecular weight excluding hydrogens is 240 g/mol. The molecule has 1 aromatic heterocycles. The Morgan fingerprint density at radius 3 is 3.06 bits per heavy atom. The number of methoxy groups -OCH3 is 1. The summed E-state index contributed by atoms with van der Waals surface area (Å²) in [6.07, 6.45) is 5.35. The number of aliphatic hydroxyl groups is 1. The van der Waals surface area contributed by atoms with Crippen molar-refractivity contribution < 1.29 is 9.84 Å². The highest BCUT2D eigenvalue weighted by Gasteiger charge is 2.29. The van der Waals surface area contributed by atoms with Gasteiger partial charge in [-0.3, -0.25) is 4.68 Å². The normalized spacial score (nSPS) is 17.4. The van der Waals surface area contributed by atoms with Crippen molar-refractivity contribution in [3.05, 3.63) is 16.9 Å². The average molecular weight is 259 g/mol. The number of hydrogen-bond donors (Lipinski definition) is 1. The predicted molar refractivity (Wildman–Crippen MR) is 66.2 cm³/mol. The Labute approximate surface area is 107 Å². The van der Waals surface area contributed by atoms with Crippen LogP contribution in [-0.4, -0.2) is 34.7 Å². The van der Waals surface area contributed by atoms with Gasteiger partial charge in [-0.05, 0) is 31.6 Å². The molecule has 1 aromatic rings. The summed E-state index contributed by atoms with van der Waals surface area (Å²) >= 11 is 6.10. The van der Waals surface area contributed by atoms with Crippen LogP contribution in [0.5, 0.6) is 0 Å². The van der Waals surface area contributed by atoms with Crippen molar-refractivity contribution in [3.63, 3.8) is 0 Å². The fourth-order valence-electron chi connectivity index (χ4n) is 2.01. The molecule has 1 heterocycles. The van der Waals surface area contributed by atoms with Gasteiger partial charge in [0.15, 0.2) is 0 Å². The van der Waals surface area contributed by atoms with Gasteiger partial charge in [0.05, 0.1) is 36.2 Å². The van der Waals surface area contributed by atoms with Crippen LogP contribution >= 0.6 is 11.6 Å². The van der Waals surface area contributed by atoms with Gasteiger partial charge in [0, 0.05) is 7.11 Å². The zero-order chi connectivity index (χ0) is 12.3. The van der Waals surface area contributed by atoms with Crippen LogP contribution in [-0.2, 0) is 17.7 Å². The first kappa shape index (κ1) is 12.9. The van der Waals surface area contributed by atoms with E-state index < -0.39 is 0 Å². The van der Waals surface area contributed by atoms with E-state index in [0.717, 1.165) is 31.4 Å². The van der Waals surface area contributed by atoms with E-state index in [1.165, 1.54) is 0 Å². The van der Waals surface area contributed by atoms with Crippen LogP contribution in [0.3, 0.4) is 0 Å². The Morgan fingerprint density at radius 1 is 1.65 bits per heavy atom. The zero-order valence-corrected chi connectivity index (χ0v) is 10.9. The van der Waals surface area contributed by atoms with Gasteiger partial charge < -0.3 is 9.84 Å². The van der Waals surface area contributed by atoms with Gasteiger partial charge in [0.25, 0.3) is 0 Å². The molecule has 0 aromatic carbocycles. The molecule has 4 nitrogen and oxygen atoms in total. The summed E-state index contributed by atoms with van der Waals surface area (Å²) < 4.78 is 6.90. The van der Waals surface area contributed by atoms with Gasteiger partial charge in [-0.25, -0.2) is 0 Å². The second-order valence-electron chi connectivity index (χ2n) is 4.60. The number of hydrogen-bond acceptors (Lipinski definition) is 3. The van der Waals surface area contributed by atoms with E-state index >= 15 is 0 Å². The Morgan fingerprint density at radius 2 is 2.41 bits per heavy atom. The lowest BCUT2D eigenvalue weighted by molar-refractivity contribution is 0.140. The van der Waals surface area contributed by atoms with E-state index in [1.54, 1.807) is 13.3 Å². The number of aromatic nitrogens is 2. The Balaban J connectivity index is 1.90. The molecule has 1 unspecified atom stereocenters. The van der Waals surface area contributed by atoms with E-state index in [0.29, 0.717) is 24.1 Å². The molecule has 1 fully saturated rings. The minimum atomic E-state index is -0.183. The first-order valence-electron chi connectivity index (χ1n) is 6.09. The molecule has 0 amide bonds. The summed E-state index contributed by atoms with van der Waals surface area (Å²) in [5.41, 5.74) is 1.00. The van der Waals surface area contributed by atoms with E-state index in [1.807, 2.05) is 4.68 Å². The largest absolute Gasteiger partial charge is 0.393 e. The fraction of sp³-hybridized carbons (Fsp3) is 0.750. The van der Waals surface area contributed by atoms with E-state index in [-0.39, 0.29) is 6.10 Å². The van der Waals surface area contributed by atoms with Crippen molar-refractivity contribution in [2.45, 2.75) is 38.3 Å². The van der Waals surface area contributed by atoms with Crippen LogP contribution in [0.25, 0.3) is 0 Å². The number of ether oxygens (including phenoxy) is 1. The minimum Gasteiger partial charge on any atom is -0.393 e. The van der Waals surface area contributed by atoms with Crippen molar-refractivity contribution in [3.8, 4) is 0 Å². The van der Waals surface area contributed by atoms with Crippen molar-refractivity contribution >= 4 is 11.6 Å². The summed E-state index contributed by atoms with van der Waals surface area (Å²) in [5, 5.41) is 14.7. The Bertz CT molecular complexity index is 363. The smallest absolute Gasteiger partial charge is 0.0817 e. The second kappa shape index (κ2) is 5.85. The third-order valence-electron chi connectivity index (χ3n) is 3.25. The van der Waals surface area contributed by atoms with Gasteiger partial charge in [-0.15, -0.1) is 0 Å². The number of halogens is 1. The summed E-state index contributed by atoms with van der Waals surface area (Å²) in [6.45, 7) is 1.33. The lowest BCUT2D eigenvalue weighted by Crippen LogP contribution is -2.14. The van der Waals surface area contributed by atoms with Crippen molar-refractivity contribution in [1.82, 2.24) is 9.78 Å². The standard InChI is InChI=1S/C12H19ClN2O2/c1-17-7-6-15-11(10(13)8-14-15)4-5-12(16)9-2-3-9/h8-9,12,16H,2-7H2,1H3. The molecule has 1 aliphatic rings. The monoisotopic (exact) mass is 258 g/mol. The lowest BCUT2D eigenvalue weighted by atomic mass is 10.1. The highest BCUT2D eigenvalue weighted by Crippen LogP contribution is 2.34. The molecule has 1 saturated carbocycles. The summed E-state index contributed by atoms with van der Waals surface area (Å²) in [7, 11) is 1.67. The molecule has 0 bridgehead atoms. The van der Waals surface area contributed by atoms with Gasteiger partial charge in [0.1, 0.15) is 0 Å². The van der Waals surface area contributed by atoms with Crippen LogP contribution in [0.15, 0.2) is 6.20 Å². The fourth-order valence-corrected chi connectivity index (χ4v) is 2.24. The molecule has 1 N–H and O–H groups in total. The quantitative estimate of drug-likeness (QED) is 0.813. The molecule has 1 atom stereocenters. The Hall–Kier alpha value is -0.580. The molecule has 0 spiro atoms. The SMILES string of the molecule is COCCn1ncc(Cl)c1CCC(O)C1CC1. The molecule has 1 aliphatic carbocycles. The number of rotatable bonds is 7. The van der Waals surface area contributed by atoms with Crippen LogP contribution in [0.2, 0.25) is 5.02 Å². The number of nitrogens with zero attached hydrogens (tertiary/aromatic N) is 2. The molecule has 0 radical (unpaired) electrons. The van der Waals surface area contributed by atoms with Gasteiger partial charge in [-0.1, -0.05) is 11.6 Å². The third-order valence-corrected chi connectivity index (χ3v) is 3.56. The van der Waals surface area contributed by atoms with Crippen LogP contribution in [0.4, 0.5) is 0 Å². The molecule has 17 heavy (non-hydrogen) atoms. The number of aliphatic hydroxyl groups excluding tert-OH is 1. The lowest BCUT2D eigenvalue weighted by Gasteiger charge is -2.11. The highest BCUT2D eigenvalue weighted by molar-refractivity contribution is 6.31. The molecule has 2 rings (SSSR count). The summed E-state index contributed by atoms with van der Waals surface area (Å²) in [6, 6.07) is 0. The van der Waals surface area contributed by atoms with E-state index in [4.69, 9.17) is 16.3 Å². The topological polar surface area (TPSA) is 47.3 Å². The van der Waals surface area contributed by atoms with E-state index in [2.05, 4.69) is 5.10 Å². The average Bonchev–Trinajstić information content (AvgIpc) is 3.10. The maximum absolute atomic E-state index is 9.85. The molecule has 0 saturated heterocycles. The van der Waals surface area contributed by atoms with Crippen molar-refractivity contribution in [1.29, 1.82) is 0 Å². The van der Waals surface area contributed by atoms with Crippen molar-refractivity contribution in [2.75, 3.05) is 13.7 Å². The van der Waals surface area contributed by atoms with Crippen LogP contribution in [0, 0.1) is 5.92 Å². The maximum Gasteiger partial charge on any atom is 0.0817 e.